The van der Waals surface area contributed by atoms with Crippen molar-refractivity contribution in [1.29, 1.82) is 0 Å². The first kappa shape index (κ1) is 13.6. The molecule has 0 spiro atoms. The molecule has 0 bridgehead atoms. The Morgan fingerprint density at radius 1 is 1.24 bits per heavy atom. The molecule has 1 amide bonds. The van der Waals surface area contributed by atoms with E-state index in [1.807, 2.05) is 31.2 Å². The van der Waals surface area contributed by atoms with Crippen LogP contribution in [0.15, 0.2) is 34.7 Å². The molecule has 0 radical (unpaired) electrons. The minimum atomic E-state index is -0.179. The molecular weight excluding hydrogens is 264 g/mol. The first-order valence-corrected chi connectivity index (χ1v) is 7.26. The lowest BCUT2D eigenvalue weighted by molar-refractivity contribution is 0.0927. The summed E-state index contributed by atoms with van der Waals surface area (Å²) in [6.45, 7) is 4.78. The second kappa shape index (κ2) is 5.56. The second-order valence-corrected chi connectivity index (χ2v) is 5.30. The number of benzene rings is 1. The average molecular weight is 282 g/mol. The van der Waals surface area contributed by atoms with Gasteiger partial charge in [0.25, 0.3) is 5.91 Å². The molecule has 0 aliphatic carbocycles. The third-order valence-corrected chi connectivity index (χ3v) is 3.50. The van der Waals surface area contributed by atoms with Gasteiger partial charge in [0.15, 0.2) is 5.76 Å². The van der Waals surface area contributed by atoms with Crippen molar-refractivity contribution in [2.75, 3.05) is 6.54 Å². The van der Waals surface area contributed by atoms with Crippen LogP contribution in [0, 0.1) is 6.92 Å². The number of nitrogens with one attached hydrogen (secondary N) is 1. The molecule has 4 heteroatoms. The van der Waals surface area contributed by atoms with Gasteiger partial charge >= 0.3 is 0 Å². The number of carbonyl (C=O) groups is 1. The number of aromatic nitrogens is 1. The zero-order chi connectivity index (χ0) is 14.8. The first-order valence-electron chi connectivity index (χ1n) is 7.26. The maximum atomic E-state index is 12.0. The molecule has 108 valence electrons. The summed E-state index contributed by atoms with van der Waals surface area (Å²) in [6, 6.07) is 9.85. The molecule has 0 saturated heterocycles. The molecular formula is C17H18N2O2. The molecule has 2 heterocycles. The molecule has 0 aliphatic rings. The van der Waals surface area contributed by atoms with E-state index in [-0.39, 0.29) is 5.91 Å². The van der Waals surface area contributed by atoms with E-state index < -0.39 is 0 Å². The first-order chi connectivity index (χ1) is 10.2. The SMILES string of the molecule is CCCCNC(=O)c1cc2cc3ccc(C)cc3nc2o1. The van der Waals surface area contributed by atoms with E-state index in [9.17, 15) is 4.79 Å². The Bertz CT molecular complexity index is 805. The van der Waals surface area contributed by atoms with E-state index in [0.29, 0.717) is 18.0 Å². The van der Waals surface area contributed by atoms with Crippen LogP contribution in [-0.4, -0.2) is 17.4 Å². The van der Waals surface area contributed by atoms with Crippen molar-refractivity contribution in [1.82, 2.24) is 10.3 Å². The second-order valence-electron chi connectivity index (χ2n) is 5.30. The van der Waals surface area contributed by atoms with Crippen molar-refractivity contribution in [2.24, 2.45) is 0 Å². The number of amides is 1. The lowest BCUT2D eigenvalue weighted by Gasteiger charge is -2.00. The Kier molecular flexibility index (Phi) is 3.60. The largest absolute Gasteiger partial charge is 0.433 e. The van der Waals surface area contributed by atoms with Crippen LogP contribution in [-0.2, 0) is 0 Å². The van der Waals surface area contributed by atoms with Gasteiger partial charge in [0.1, 0.15) is 0 Å². The van der Waals surface area contributed by atoms with E-state index in [4.69, 9.17) is 4.42 Å². The number of nitrogens with zero attached hydrogens (tertiary/aromatic N) is 1. The summed E-state index contributed by atoms with van der Waals surface area (Å²) in [7, 11) is 0. The van der Waals surface area contributed by atoms with Gasteiger partial charge in [0.05, 0.1) is 5.52 Å². The van der Waals surface area contributed by atoms with Crippen LogP contribution >= 0.6 is 0 Å². The third kappa shape index (κ3) is 2.75. The monoisotopic (exact) mass is 282 g/mol. The maximum Gasteiger partial charge on any atom is 0.287 e. The van der Waals surface area contributed by atoms with Crippen LogP contribution in [0.3, 0.4) is 0 Å². The van der Waals surface area contributed by atoms with Gasteiger partial charge in [-0.05, 0) is 37.1 Å². The number of hydrogen-bond acceptors (Lipinski definition) is 3. The van der Waals surface area contributed by atoms with E-state index in [0.717, 1.165) is 34.7 Å². The average Bonchev–Trinajstić information content (AvgIpc) is 2.87. The molecule has 1 aromatic carbocycles. The number of rotatable bonds is 4. The minimum absolute atomic E-state index is 0.179. The topological polar surface area (TPSA) is 55.1 Å². The lowest BCUT2D eigenvalue weighted by Crippen LogP contribution is -2.23. The Morgan fingerprint density at radius 3 is 2.90 bits per heavy atom. The number of unbranched alkanes of at least 4 members (excludes halogenated alkanes) is 1. The highest BCUT2D eigenvalue weighted by Gasteiger charge is 2.13. The third-order valence-electron chi connectivity index (χ3n) is 3.50. The van der Waals surface area contributed by atoms with Crippen molar-refractivity contribution < 1.29 is 9.21 Å². The smallest absolute Gasteiger partial charge is 0.287 e. The molecule has 2 aromatic heterocycles. The number of furan rings is 1. The molecule has 0 aliphatic heterocycles. The highest BCUT2D eigenvalue weighted by atomic mass is 16.4. The van der Waals surface area contributed by atoms with Crippen LogP contribution in [0.4, 0.5) is 0 Å². The Morgan fingerprint density at radius 2 is 2.10 bits per heavy atom. The summed E-state index contributed by atoms with van der Waals surface area (Å²) in [5.74, 6) is 0.141. The zero-order valence-electron chi connectivity index (χ0n) is 12.3. The van der Waals surface area contributed by atoms with Crippen LogP contribution in [0.2, 0.25) is 0 Å². The summed E-state index contributed by atoms with van der Waals surface area (Å²) < 4.78 is 5.59. The van der Waals surface area contributed by atoms with Gasteiger partial charge < -0.3 is 9.73 Å². The van der Waals surface area contributed by atoms with Gasteiger partial charge in [-0.1, -0.05) is 25.5 Å². The highest BCUT2D eigenvalue weighted by Crippen LogP contribution is 2.23. The van der Waals surface area contributed by atoms with Crippen molar-refractivity contribution in [3.05, 3.63) is 41.7 Å². The molecule has 1 N–H and O–H groups in total. The van der Waals surface area contributed by atoms with E-state index in [1.165, 1.54) is 0 Å². The predicted octanol–water partition coefficient (Wildman–Crippen LogP) is 3.82. The summed E-state index contributed by atoms with van der Waals surface area (Å²) in [6.07, 6.45) is 2.01. The van der Waals surface area contributed by atoms with Crippen LogP contribution in [0.1, 0.15) is 35.9 Å². The minimum Gasteiger partial charge on any atom is -0.433 e. The van der Waals surface area contributed by atoms with Gasteiger partial charge in [-0.2, -0.15) is 0 Å². The normalized spacial score (nSPS) is 11.1. The summed E-state index contributed by atoms with van der Waals surface area (Å²) >= 11 is 0. The zero-order valence-corrected chi connectivity index (χ0v) is 12.3. The molecule has 3 rings (SSSR count). The van der Waals surface area contributed by atoms with Gasteiger partial charge in [0, 0.05) is 17.3 Å². The van der Waals surface area contributed by atoms with Crippen LogP contribution in [0.5, 0.6) is 0 Å². The Hall–Kier alpha value is -2.36. The van der Waals surface area contributed by atoms with Crippen LogP contribution in [0.25, 0.3) is 22.0 Å². The summed E-state index contributed by atoms with van der Waals surface area (Å²) in [5.41, 5.74) is 2.54. The quantitative estimate of drug-likeness (QED) is 0.740. The van der Waals surface area contributed by atoms with E-state index >= 15 is 0 Å². The van der Waals surface area contributed by atoms with Crippen molar-refractivity contribution in [3.63, 3.8) is 0 Å². The number of carbonyl (C=O) groups excluding carboxylic acids is 1. The van der Waals surface area contributed by atoms with Gasteiger partial charge in [0.2, 0.25) is 5.71 Å². The fourth-order valence-corrected chi connectivity index (χ4v) is 2.31. The van der Waals surface area contributed by atoms with E-state index in [2.05, 4.69) is 17.2 Å². The molecule has 0 saturated carbocycles. The van der Waals surface area contributed by atoms with Gasteiger partial charge in [-0.25, -0.2) is 4.98 Å². The number of pyridine rings is 1. The summed E-state index contributed by atoms with van der Waals surface area (Å²) in [5, 5.41) is 4.75. The highest BCUT2D eigenvalue weighted by molar-refractivity contribution is 5.98. The molecule has 0 unspecified atom stereocenters. The van der Waals surface area contributed by atoms with Crippen LogP contribution < -0.4 is 5.32 Å². The molecule has 3 aromatic rings. The predicted molar refractivity (Wildman–Crippen MR) is 83.5 cm³/mol. The molecule has 21 heavy (non-hydrogen) atoms. The summed E-state index contributed by atoms with van der Waals surface area (Å²) in [4.78, 5) is 16.5. The van der Waals surface area contributed by atoms with Gasteiger partial charge in [-0.15, -0.1) is 0 Å². The standard InChI is InChI=1S/C17H18N2O2/c1-3-4-7-18-16(20)15-10-13-9-12-6-5-11(2)8-14(12)19-17(13)21-15/h5-6,8-10H,3-4,7H2,1-2H3,(H,18,20). The van der Waals surface area contributed by atoms with Gasteiger partial charge in [-0.3, -0.25) is 4.79 Å². The van der Waals surface area contributed by atoms with Crippen molar-refractivity contribution >= 4 is 27.9 Å². The number of hydrogen-bond donors (Lipinski definition) is 1. The Labute approximate surface area is 123 Å². The fraction of sp³-hybridized carbons (Fsp3) is 0.294. The lowest BCUT2D eigenvalue weighted by atomic mass is 10.1. The van der Waals surface area contributed by atoms with Crippen molar-refractivity contribution in [2.45, 2.75) is 26.7 Å². The fourth-order valence-electron chi connectivity index (χ4n) is 2.31. The maximum absolute atomic E-state index is 12.0. The van der Waals surface area contributed by atoms with Crippen molar-refractivity contribution in [3.8, 4) is 0 Å². The molecule has 4 nitrogen and oxygen atoms in total. The Balaban J connectivity index is 1.95. The number of fused-ring (bicyclic) bond motifs is 2. The van der Waals surface area contributed by atoms with E-state index in [1.54, 1.807) is 6.07 Å². The number of aryl methyl sites for hydroxylation is 1. The molecule has 0 fully saturated rings. The molecule has 0 atom stereocenters.